The molecule has 0 spiro atoms. The third-order valence-electron chi connectivity index (χ3n) is 4.36. The fraction of sp³-hybridized carbons (Fsp3) is 0.455. The van der Waals surface area contributed by atoms with E-state index < -0.39 is 0 Å². The van der Waals surface area contributed by atoms with E-state index in [0.717, 1.165) is 45.6 Å². The van der Waals surface area contributed by atoms with Crippen molar-refractivity contribution in [3.8, 4) is 0 Å². The highest BCUT2D eigenvalue weighted by Gasteiger charge is 2.15. The Morgan fingerprint density at radius 2 is 1.36 bits per heavy atom. The molecule has 0 aromatic heterocycles. The van der Waals surface area contributed by atoms with E-state index in [2.05, 4.69) is 72.5 Å². The van der Waals surface area contributed by atoms with E-state index >= 15 is 0 Å². The zero-order valence-corrected chi connectivity index (χ0v) is 15.4. The molecule has 0 bridgehead atoms. The van der Waals surface area contributed by atoms with Crippen LogP contribution in [0, 0.1) is 0 Å². The van der Waals surface area contributed by atoms with Crippen molar-refractivity contribution < 1.29 is 4.74 Å². The second-order valence-corrected chi connectivity index (χ2v) is 6.55. The molecule has 1 unspecified atom stereocenters. The molecule has 25 heavy (non-hydrogen) atoms. The Balaban J connectivity index is 1.88. The summed E-state index contributed by atoms with van der Waals surface area (Å²) >= 11 is 0. The molecule has 0 aliphatic rings. The highest BCUT2D eigenvalue weighted by atomic mass is 16.5. The zero-order valence-electron chi connectivity index (χ0n) is 15.4. The Labute approximate surface area is 152 Å². The number of benzene rings is 2. The molecule has 2 aromatic rings. The van der Waals surface area contributed by atoms with Crippen molar-refractivity contribution in [2.24, 2.45) is 5.73 Å². The van der Waals surface area contributed by atoms with Crippen LogP contribution in [0.4, 0.5) is 0 Å². The van der Waals surface area contributed by atoms with Crippen molar-refractivity contribution in [2.75, 3.05) is 13.2 Å². The van der Waals surface area contributed by atoms with Crippen molar-refractivity contribution in [2.45, 2.75) is 51.9 Å². The number of nitrogens with zero attached hydrogens (tertiary/aromatic N) is 1. The van der Waals surface area contributed by atoms with Crippen LogP contribution in [0.3, 0.4) is 0 Å². The lowest BCUT2D eigenvalue weighted by atomic mass is 10.1. The predicted octanol–water partition coefficient (Wildman–Crippen LogP) is 4.57. The topological polar surface area (TPSA) is 38.5 Å². The largest absolute Gasteiger partial charge is 0.381 e. The number of nitrogens with two attached hydrogens (primary N) is 1. The van der Waals surface area contributed by atoms with Gasteiger partial charge in [-0.3, -0.25) is 4.90 Å². The second kappa shape index (κ2) is 11.8. The fourth-order valence-electron chi connectivity index (χ4n) is 2.85. The average molecular weight is 341 g/mol. The number of hydrogen-bond donors (Lipinski definition) is 1. The van der Waals surface area contributed by atoms with Gasteiger partial charge in [0, 0.05) is 26.3 Å². The van der Waals surface area contributed by atoms with Gasteiger partial charge in [-0.05, 0) is 30.4 Å². The molecule has 2 rings (SSSR count). The SMILES string of the molecule is CCCCOCCCC(N)N(Cc1ccccc1)Cc1ccccc1. The third kappa shape index (κ3) is 7.82. The molecular formula is C22H32N2O. The number of ether oxygens (including phenoxy) is 1. The standard InChI is InChI=1S/C22H32N2O/c1-2-3-16-25-17-10-15-22(23)24(18-20-11-6-4-7-12-20)19-21-13-8-5-9-14-21/h4-9,11-14,22H,2-3,10,15-19,23H2,1H3. The summed E-state index contributed by atoms with van der Waals surface area (Å²) in [6.07, 6.45) is 4.31. The van der Waals surface area contributed by atoms with Crippen molar-refractivity contribution in [1.82, 2.24) is 4.90 Å². The van der Waals surface area contributed by atoms with Gasteiger partial charge < -0.3 is 10.5 Å². The molecule has 0 heterocycles. The van der Waals surface area contributed by atoms with Gasteiger partial charge in [0.1, 0.15) is 0 Å². The highest BCUT2D eigenvalue weighted by molar-refractivity contribution is 5.17. The Hall–Kier alpha value is -1.68. The van der Waals surface area contributed by atoms with Crippen LogP contribution in [-0.2, 0) is 17.8 Å². The van der Waals surface area contributed by atoms with Crippen molar-refractivity contribution in [3.05, 3.63) is 71.8 Å². The summed E-state index contributed by atoms with van der Waals surface area (Å²) in [5.74, 6) is 0. The Morgan fingerprint density at radius 1 is 0.840 bits per heavy atom. The first-order valence-electron chi connectivity index (χ1n) is 9.45. The number of hydrogen-bond acceptors (Lipinski definition) is 3. The monoisotopic (exact) mass is 340 g/mol. The highest BCUT2D eigenvalue weighted by Crippen LogP contribution is 2.14. The van der Waals surface area contributed by atoms with Gasteiger partial charge in [-0.25, -0.2) is 0 Å². The molecule has 0 fully saturated rings. The zero-order chi connectivity index (χ0) is 17.7. The van der Waals surface area contributed by atoms with Crippen LogP contribution in [0.15, 0.2) is 60.7 Å². The molecule has 0 aliphatic heterocycles. The molecule has 3 heteroatoms. The minimum atomic E-state index is 0.0372. The van der Waals surface area contributed by atoms with Gasteiger partial charge in [0.25, 0.3) is 0 Å². The molecule has 0 saturated carbocycles. The molecule has 3 nitrogen and oxygen atoms in total. The summed E-state index contributed by atoms with van der Waals surface area (Å²) in [6.45, 7) is 5.59. The van der Waals surface area contributed by atoms with Gasteiger partial charge in [-0.1, -0.05) is 74.0 Å². The molecule has 1 atom stereocenters. The van der Waals surface area contributed by atoms with E-state index in [1.165, 1.54) is 17.5 Å². The summed E-state index contributed by atoms with van der Waals surface area (Å²) < 4.78 is 5.67. The summed E-state index contributed by atoms with van der Waals surface area (Å²) in [5, 5.41) is 0. The first-order chi connectivity index (χ1) is 12.3. The maximum absolute atomic E-state index is 6.52. The van der Waals surface area contributed by atoms with Crippen LogP contribution in [0.5, 0.6) is 0 Å². The van der Waals surface area contributed by atoms with E-state index in [1.54, 1.807) is 0 Å². The minimum absolute atomic E-state index is 0.0372. The molecule has 2 N–H and O–H groups in total. The summed E-state index contributed by atoms with van der Waals surface area (Å²) in [7, 11) is 0. The number of unbranched alkanes of at least 4 members (excludes halogenated alkanes) is 1. The van der Waals surface area contributed by atoms with Crippen LogP contribution in [0.2, 0.25) is 0 Å². The van der Waals surface area contributed by atoms with Crippen LogP contribution >= 0.6 is 0 Å². The Kier molecular flexibility index (Phi) is 9.27. The van der Waals surface area contributed by atoms with E-state index in [4.69, 9.17) is 10.5 Å². The van der Waals surface area contributed by atoms with Gasteiger partial charge in [0.2, 0.25) is 0 Å². The van der Waals surface area contributed by atoms with Crippen LogP contribution in [-0.4, -0.2) is 24.3 Å². The van der Waals surface area contributed by atoms with E-state index in [9.17, 15) is 0 Å². The summed E-state index contributed by atoms with van der Waals surface area (Å²) in [6, 6.07) is 21.1. The lowest BCUT2D eigenvalue weighted by Gasteiger charge is -2.29. The molecule has 2 aromatic carbocycles. The van der Waals surface area contributed by atoms with E-state index in [-0.39, 0.29) is 6.17 Å². The maximum atomic E-state index is 6.52. The molecule has 0 amide bonds. The van der Waals surface area contributed by atoms with Gasteiger partial charge in [-0.2, -0.15) is 0 Å². The summed E-state index contributed by atoms with van der Waals surface area (Å²) in [5.41, 5.74) is 9.12. The summed E-state index contributed by atoms with van der Waals surface area (Å²) in [4.78, 5) is 2.36. The van der Waals surface area contributed by atoms with Crippen molar-refractivity contribution in [1.29, 1.82) is 0 Å². The lowest BCUT2D eigenvalue weighted by molar-refractivity contribution is 0.111. The van der Waals surface area contributed by atoms with E-state index in [1.807, 2.05) is 0 Å². The first kappa shape index (κ1) is 19.6. The smallest absolute Gasteiger partial charge is 0.0579 e. The minimum Gasteiger partial charge on any atom is -0.381 e. The maximum Gasteiger partial charge on any atom is 0.0579 e. The lowest BCUT2D eigenvalue weighted by Crippen LogP contribution is -2.41. The quantitative estimate of drug-likeness (QED) is 0.454. The van der Waals surface area contributed by atoms with Crippen molar-refractivity contribution >= 4 is 0 Å². The molecule has 0 aliphatic carbocycles. The molecular weight excluding hydrogens is 308 g/mol. The van der Waals surface area contributed by atoms with Gasteiger partial charge in [0.15, 0.2) is 0 Å². The first-order valence-corrected chi connectivity index (χ1v) is 9.45. The van der Waals surface area contributed by atoms with Crippen molar-refractivity contribution in [3.63, 3.8) is 0 Å². The number of rotatable bonds is 12. The fourth-order valence-corrected chi connectivity index (χ4v) is 2.85. The third-order valence-corrected chi connectivity index (χ3v) is 4.36. The normalized spacial score (nSPS) is 12.4. The second-order valence-electron chi connectivity index (χ2n) is 6.55. The van der Waals surface area contributed by atoms with Crippen LogP contribution < -0.4 is 5.73 Å². The molecule has 136 valence electrons. The van der Waals surface area contributed by atoms with Gasteiger partial charge >= 0.3 is 0 Å². The van der Waals surface area contributed by atoms with Crippen LogP contribution in [0.1, 0.15) is 43.7 Å². The van der Waals surface area contributed by atoms with Gasteiger partial charge in [-0.15, -0.1) is 0 Å². The molecule has 0 radical (unpaired) electrons. The predicted molar refractivity (Wildman–Crippen MR) is 105 cm³/mol. The molecule has 0 saturated heterocycles. The van der Waals surface area contributed by atoms with E-state index in [0.29, 0.717) is 0 Å². The van der Waals surface area contributed by atoms with Crippen LogP contribution in [0.25, 0.3) is 0 Å². The average Bonchev–Trinajstić information content (AvgIpc) is 2.65. The van der Waals surface area contributed by atoms with Gasteiger partial charge in [0.05, 0.1) is 6.17 Å². The Bertz CT molecular complexity index is 517. The Morgan fingerprint density at radius 3 is 1.88 bits per heavy atom.